The van der Waals surface area contributed by atoms with E-state index < -0.39 is 0 Å². The van der Waals surface area contributed by atoms with Crippen LogP contribution in [-0.4, -0.2) is 52.4 Å². The third-order valence-electron chi connectivity index (χ3n) is 6.43. The third-order valence-corrected chi connectivity index (χ3v) is 6.43. The van der Waals surface area contributed by atoms with E-state index in [0.29, 0.717) is 24.7 Å². The summed E-state index contributed by atoms with van der Waals surface area (Å²) in [6, 6.07) is 3.24. The molecule has 8 heteroatoms. The number of fused-ring (bicyclic) bond motifs is 1. The van der Waals surface area contributed by atoms with Crippen LogP contribution in [0.1, 0.15) is 60.2 Å². The largest absolute Gasteiger partial charge is 0.456 e. The molecule has 2 aromatic rings. The molecule has 1 amide bonds. The Morgan fingerprint density at radius 3 is 2.79 bits per heavy atom. The van der Waals surface area contributed by atoms with Crippen LogP contribution in [0.3, 0.4) is 0 Å². The quantitative estimate of drug-likeness (QED) is 0.829. The molecule has 2 saturated heterocycles. The Kier molecular flexibility index (Phi) is 5.13. The van der Waals surface area contributed by atoms with Gasteiger partial charge in [-0.3, -0.25) is 4.79 Å². The number of nitrogens with zero attached hydrogens (tertiary/aromatic N) is 3. The zero-order chi connectivity index (χ0) is 19.8. The molecule has 3 fully saturated rings. The molecule has 4 atom stereocenters. The Balaban J connectivity index is 1.20. The van der Waals surface area contributed by atoms with Crippen molar-refractivity contribution in [2.75, 3.05) is 13.2 Å². The van der Waals surface area contributed by atoms with Crippen LogP contribution in [0.25, 0.3) is 0 Å². The lowest BCUT2D eigenvalue weighted by molar-refractivity contribution is 0.0612. The highest BCUT2D eigenvalue weighted by molar-refractivity contribution is 5.91. The Morgan fingerprint density at radius 1 is 1.17 bits per heavy atom. The van der Waals surface area contributed by atoms with Crippen molar-refractivity contribution in [3.63, 3.8) is 0 Å². The second-order valence-corrected chi connectivity index (χ2v) is 8.55. The minimum absolute atomic E-state index is 0.0136. The van der Waals surface area contributed by atoms with Crippen LogP contribution in [0.5, 0.6) is 0 Å². The number of rotatable bonds is 5. The Labute approximate surface area is 169 Å². The van der Waals surface area contributed by atoms with Crippen LogP contribution < -0.4 is 5.32 Å². The molecule has 1 saturated carbocycles. The van der Waals surface area contributed by atoms with Crippen molar-refractivity contribution in [1.29, 1.82) is 0 Å². The zero-order valence-electron chi connectivity index (χ0n) is 16.8. The lowest BCUT2D eigenvalue weighted by Gasteiger charge is -2.20. The average molecular weight is 400 g/mol. The summed E-state index contributed by atoms with van der Waals surface area (Å²) in [6.45, 7) is 2.74. The van der Waals surface area contributed by atoms with E-state index in [1.54, 1.807) is 12.1 Å². The molecule has 1 aliphatic carbocycles. The number of carbonyl (C=O) groups excluding carboxylic acids is 1. The minimum Gasteiger partial charge on any atom is -0.456 e. The number of aromatic nitrogens is 3. The molecule has 0 aromatic carbocycles. The van der Waals surface area contributed by atoms with E-state index in [-0.39, 0.29) is 30.2 Å². The van der Waals surface area contributed by atoms with Gasteiger partial charge in [0.15, 0.2) is 5.76 Å². The Hall–Kier alpha value is -2.19. The smallest absolute Gasteiger partial charge is 0.287 e. The molecular formula is C21H28N4O4. The van der Waals surface area contributed by atoms with Crippen molar-refractivity contribution in [3.05, 3.63) is 35.5 Å². The molecule has 1 N–H and O–H groups in total. The minimum atomic E-state index is -0.241. The van der Waals surface area contributed by atoms with Gasteiger partial charge in [-0.25, -0.2) is 4.68 Å². The van der Waals surface area contributed by atoms with Crippen molar-refractivity contribution in [2.45, 2.75) is 69.7 Å². The number of furan rings is 1. The van der Waals surface area contributed by atoms with Crippen molar-refractivity contribution >= 4 is 5.91 Å². The predicted molar refractivity (Wildman–Crippen MR) is 104 cm³/mol. The van der Waals surface area contributed by atoms with E-state index in [1.807, 2.05) is 17.8 Å². The topological polar surface area (TPSA) is 91.4 Å². The van der Waals surface area contributed by atoms with Gasteiger partial charge < -0.3 is 19.2 Å². The van der Waals surface area contributed by atoms with Gasteiger partial charge in [0.05, 0.1) is 24.9 Å². The molecule has 4 unspecified atom stereocenters. The summed E-state index contributed by atoms with van der Waals surface area (Å²) in [6.07, 6.45) is 9.34. The molecular weight excluding hydrogens is 372 g/mol. The highest BCUT2D eigenvalue weighted by atomic mass is 16.6. The monoisotopic (exact) mass is 400 g/mol. The molecule has 29 heavy (non-hydrogen) atoms. The van der Waals surface area contributed by atoms with Crippen molar-refractivity contribution < 1.29 is 18.7 Å². The second kappa shape index (κ2) is 7.91. The number of ether oxygens (including phenoxy) is 2. The molecule has 4 heterocycles. The lowest BCUT2D eigenvalue weighted by Crippen LogP contribution is -2.44. The van der Waals surface area contributed by atoms with Gasteiger partial charge in [-0.1, -0.05) is 37.3 Å². The molecule has 0 spiro atoms. The van der Waals surface area contributed by atoms with E-state index in [9.17, 15) is 4.79 Å². The van der Waals surface area contributed by atoms with Gasteiger partial charge >= 0.3 is 0 Å². The average Bonchev–Trinajstić information content (AvgIpc) is 3.49. The summed E-state index contributed by atoms with van der Waals surface area (Å²) in [5, 5.41) is 11.7. The maximum absolute atomic E-state index is 12.4. The third kappa shape index (κ3) is 3.83. The van der Waals surface area contributed by atoms with E-state index in [1.165, 1.54) is 32.1 Å². The van der Waals surface area contributed by atoms with E-state index >= 15 is 0 Å². The summed E-state index contributed by atoms with van der Waals surface area (Å²) < 4.78 is 19.3. The molecule has 156 valence electrons. The predicted octanol–water partition coefficient (Wildman–Crippen LogP) is 2.44. The van der Waals surface area contributed by atoms with E-state index in [0.717, 1.165) is 18.0 Å². The Morgan fingerprint density at radius 2 is 2.00 bits per heavy atom. The first-order valence-corrected chi connectivity index (χ1v) is 10.7. The van der Waals surface area contributed by atoms with Crippen LogP contribution in [0.4, 0.5) is 0 Å². The first-order chi connectivity index (χ1) is 14.2. The molecule has 2 aromatic heterocycles. The number of carbonyl (C=O) groups is 1. The molecule has 3 aliphatic rings. The Bertz CT molecular complexity index is 856. The lowest BCUT2D eigenvalue weighted by atomic mass is 9.86. The van der Waals surface area contributed by atoms with Crippen LogP contribution in [0, 0.1) is 12.8 Å². The number of nitrogens with one attached hydrogen (secondary N) is 1. The fraction of sp³-hybridized carbons (Fsp3) is 0.667. The van der Waals surface area contributed by atoms with Crippen molar-refractivity contribution in [1.82, 2.24) is 20.3 Å². The summed E-state index contributed by atoms with van der Waals surface area (Å²) in [5.74, 6) is 1.51. The SMILES string of the molecule is Cc1ccc(C(=O)NC2COC3C2OCC3n2cc(CC3CCCCC3)nn2)o1. The molecule has 8 nitrogen and oxygen atoms in total. The van der Waals surface area contributed by atoms with E-state index in [2.05, 4.69) is 15.6 Å². The van der Waals surface area contributed by atoms with Crippen molar-refractivity contribution in [2.24, 2.45) is 5.92 Å². The number of hydrogen-bond donors (Lipinski definition) is 1. The maximum atomic E-state index is 12.4. The molecule has 0 bridgehead atoms. The number of amides is 1. The summed E-state index contributed by atoms with van der Waals surface area (Å²) in [7, 11) is 0. The standard InChI is InChI=1S/C21H28N4O4/c1-13-7-8-18(29-13)21(26)22-16-11-27-20-17(12-28-19(16)20)25-10-15(23-24-25)9-14-5-3-2-4-6-14/h7-8,10,14,16-17,19-20H,2-6,9,11-12H2,1H3,(H,22,26). The molecule has 2 aliphatic heterocycles. The van der Waals surface area contributed by atoms with Crippen LogP contribution in [-0.2, 0) is 15.9 Å². The van der Waals surface area contributed by atoms with Gasteiger partial charge in [0.2, 0.25) is 0 Å². The van der Waals surface area contributed by atoms with Gasteiger partial charge in [-0.15, -0.1) is 5.10 Å². The van der Waals surface area contributed by atoms with Gasteiger partial charge in [0.25, 0.3) is 5.91 Å². The van der Waals surface area contributed by atoms with Crippen LogP contribution in [0.15, 0.2) is 22.7 Å². The highest BCUT2D eigenvalue weighted by Crippen LogP contribution is 2.34. The number of aryl methyl sites for hydroxylation is 1. The van der Waals surface area contributed by atoms with Crippen LogP contribution >= 0.6 is 0 Å². The summed E-state index contributed by atoms with van der Waals surface area (Å²) >= 11 is 0. The first kappa shape index (κ1) is 18.8. The zero-order valence-corrected chi connectivity index (χ0v) is 16.8. The van der Waals surface area contributed by atoms with Crippen LogP contribution in [0.2, 0.25) is 0 Å². The first-order valence-electron chi connectivity index (χ1n) is 10.7. The summed E-state index contributed by atoms with van der Waals surface area (Å²) in [4.78, 5) is 12.4. The summed E-state index contributed by atoms with van der Waals surface area (Å²) in [5.41, 5.74) is 1.05. The fourth-order valence-corrected chi connectivity index (χ4v) is 4.88. The molecule has 0 radical (unpaired) electrons. The van der Waals surface area contributed by atoms with Gasteiger partial charge in [-0.2, -0.15) is 0 Å². The van der Waals surface area contributed by atoms with Gasteiger partial charge in [0.1, 0.15) is 24.0 Å². The van der Waals surface area contributed by atoms with E-state index in [4.69, 9.17) is 13.9 Å². The molecule has 5 rings (SSSR count). The maximum Gasteiger partial charge on any atom is 0.287 e. The van der Waals surface area contributed by atoms with Crippen molar-refractivity contribution in [3.8, 4) is 0 Å². The number of hydrogen-bond acceptors (Lipinski definition) is 6. The van der Waals surface area contributed by atoms with Gasteiger partial charge in [-0.05, 0) is 31.4 Å². The van der Waals surface area contributed by atoms with Gasteiger partial charge in [0, 0.05) is 6.20 Å². The highest BCUT2D eigenvalue weighted by Gasteiger charge is 2.49. The normalized spacial score (nSPS) is 29.8. The fourth-order valence-electron chi connectivity index (χ4n) is 4.88. The second-order valence-electron chi connectivity index (χ2n) is 8.55.